The molecule has 0 spiro atoms. The number of hydrogen-bond acceptors (Lipinski definition) is 6. The summed E-state index contributed by atoms with van der Waals surface area (Å²) in [4.78, 5) is 13.1. The number of benzene rings is 5. The molecule has 0 heterocycles. The van der Waals surface area contributed by atoms with Gasteiger partial charge in [-0.3, -0.25) is 9.11 Å². The number of carbonyl (C=O) groups excluding carboxylic acids is 1. The van der Waals surface area contributed by atoms with Gasteiger partial charge < -0.3 is 10.6 Å². The smallest absolute Gasteiger partial charge is 0.319 e. The first-order chi connectivity index (χ1) is 20.4. The number of rotatable bonds is 8. The fourth-order valence-electron chi connectivity index (χ4n) is 4.32. The van der Waals surface area contributed by atoms with Crippen molar-refractivity contribution in [2.24, 2.45) is 0 Å². The molecule has 0 fully saturated rings. The molecule has 0 radical (unpaired) electrons. The maximum absolute atomic E-state index is 14.9. The fourth-order valence-corrected chi connectivity index (χ4v) is 6.50. The molecule has 13 heteroatoms. The number of anilines is 1. The normalized spacial score (nSPS) is 11.8. The minimum atomic E-state index is -4.92. The number of halogens is 1. The lowest BCUT2D eigenvalue weighted by molar-refractivity contribution is 0.251. The van der Waals surface area contributed by atoms with Crippen LogP contribution in [0.25, 0.3) is 21.9 Å². The van der Waals surface area contributed by atoms with Crippen molar-refractivity contribution in [2.75, 3.05) is 5.32 Å². The standard InChI is InChI=1S/C30H23FN2O7S3/c31-28-13-6-19(18-32-30(34)33-22-9-11-24(12-10-22)41-23-4-2-1-3-5-23)14-26(28)21-8-7-20-15-25(42(35,36)37)17-29(27(20)16-21)43(38,39)40/h1-17H,18H2,(H2,32,33,34)(H,35,36,37)(H,38,39,40). The van der Waals surface area contributed by atoms with Crippen LogP contribution in [0.5, 0.6) is 0 Å². The Morgan fingerprint density at radius 1 is 0.767 bits per heavy atom. The van der Waals surface area contributed by atoms with Gasteiger partial charge in [0, 0.05) is 33.0 Å². The van der Waals surface area contributed by atoms with E-state index in [1.807, 2.05) is 42.5 Å². The van der Waals surface area contributed by atoms with E-state index in [0.717, 1.165) is 15.9 Å². The molecule has 0 bridgehead atoms. The van der Waals surface area contributed by atoms with Crippen LogP contribution in [0.3, 0.4) is 0 Å². The number of amides is 2. The minimum Gasteiger partial charge on any atom is -0.334 e. The summed E-state index contributed by atoms with van der Waals surface area (Å²) in [6.45, 7) is 0.0443. The molecule has 5 aromatic carbocycles. The van der Waals surface area contributed by atoms with E-state index in [2.05, 4.69) is 10.6 Å². The van der Waals surface area contributed by atoms with Gasteiger partial charge in [0.2, 0.25) is 0 Å². The van der Waals surface area contributed by atoms with E-state index in [4.69, 9.17) is 0 Å². The molecule has 0 saturated heterocycles. The Morgan fingerprint density at radius 2 is 1.47 bits per heavy atom. The molecule has 0 aliphatic rings. The summed E-state index contributed by atoms with van der Waals surface area (Å²) < 4.78 is 81.2. The van der Waals surface area contributed by atoms with Gasteiger partial charge in [-0.25, -0.2) is 9.18 Å². The summed E-state index contributed by atoms with van der Waals surface area (Å²) >= 11 is 1.59. The van der Waals surface area contributed by atoms with Gasteiger partial charge in [0.25, 0.3) is 20.2 Å². The average molecular weight is 639 g/mol. The zero-order valence-corrected chi connectivity index (χ0v) is 24.5. The first kappa shape index (κ1) is 30.2. The first-order valence-corrected chi connectivity index (χ1v) is 16.3. The Morgan fingerprint density at radius 3 is 2.14 bits per heavy atom. The lowest BCUT2D eigenvalue weighted by atomic mass is 9.99. The highest BCUT2D eigenvalue weighted by atomic mass is 32.2. The van der Waals surface area contributed by atoms with Crippen molar-refractivity contribution in [1.82, 2.24) is 5.32 Å². The first-order valence-electron chi connectivity index (χ1n) is 12.6. The summed E-state index contributed by atoms with van der Waals surface area (Å²) in [6.07, 6.45) is 0. The maximum atomic E-state index is 14.9. The Hall–Kier alpha value is -4.27. The van der Waals surface area contributed by atoms with Crippen LogP contribution < -0.4 is 10.6 Å². The number of fused-ring (bicyclic) bond motifs is 1. The Bertz CT molecular complexity index is 2050. The highest BCUT2D eigenvalue weighted by Crippen LogP contribution is 2.33. The van der Waals surface area contributed by atoms with Crippen LogP contribution >= 0.6 is 11.8 Å². The van der Waals surface area contributed by atoms with Crippen LogP contribution in [0.1, 0.15) is 5.56 Å². The van der Waals surface area contributed by atoms with Crippen LogP contribution in [-0.2, 0) is 26.8 Å². The van der Waals surface area contributed by atoms with Gasteiger partial charge in [-0.05, 0) is 83.2 Å². The fraction of sp³-hybridized carbons (Fsp3) is 0.0333. The second-order valence-electron chi connectivity index (χ2n) is 9.37. The van der Waals surface area contributed by atoms with Crippen molar-refractivity contribution in [3.05, 3.63) is 115 Å². The van der Waals surface area contributed by atoms with E-state index in [9.17, 15) is 35.1 Å². The molecule has 5 rings (SSSR count). The predicted octanol–water partition coefficient (Wildman–Crippen LogP) is 6.61. The SMILES string of the molecule is O=C(NCc1ccc(F)c(-c2ccc3cc(S(=O)(=O)O)cc(S(=O)(=O)O)c3c2)c1)Nc1ccc(Sc2ccccc2)cc1. The van der Waals surface area contributed by atoms with E-state index in [-0.39, 0.29) is 28.4 Å². The van der Waals surface area contributed by atoms with Gasteiger partial charge in [0.1, 0.15) is 10.7 Å². The number of nitrogens with one attached hydrogen (secondary N) is 2. The van der Waals surface area contributed by atoms with Gasteiger partial charge in [0.05, 0.1) is 4.90 Å². The number of hydrogen-bond donors (Lipinski definition) is 4. The lowest BCUT2D eigenvalue weighted by Crippen LogP contribution is -2.28. The third kappa shape index (κ3) is 7.39. The van der Waals surface area contributed by atoms with Crippen molar-refractivity contribution in [1.29, 1.82) is 0 Å². The molecule has 2 amide bonds. The van der Waals surface area contributed by atoms with Crippen molar-refractivity contribution in [3.8, 4) is 11.1 Å². The summed E-state index contributed by atoms with van der Waals surface area (Å²) in [7, 11) is -9.69. The van der Waals surface area contributed by atoms with Crippen LogP contribution in [0.4, 0.5) is 14.9 Å². The quantitative estimate of drug-likeness (QED) is 0.139. The van der Waals surface area contributed by atoms with Crippen molar-refractivity contribution >= 4 is 54.5 Å². The molecule has 0 aromatic heterocycles. The monoisotopic (exact) mass is 638 g/mol. The van der Waals surface area contributed by atoms with Gasteiger partial charge >= 0.3 is 6.03 Å². The Kier molecular flexibility index (Phi) is 8.53. The van der Waals surface area contributed by atoms with E-state index >= 15 is 0 Å². The summed E-state index contributed by atoms with van der Waals surface area (Å²) in [5.74, 6) is -0.635. The van der Waals surface area contributed by atoms with Gasteiger partial charge in [-0.15, -0.1) is 0 Å². The molecular weight excluding hydrogens is 616 g/mol. The van der Waals surface area contributed by atoms with Crippen LogP contribution in [0, 0.1) is 5.82 Å². The molecule has 43 heavy (non-hydrogen) atoms. The van der Waals surface area contributed by atoms with Gasteiger partial charge in [-0.2, -0.15) is 16.8 Å². The second kappa shape index (κ2) is 12.1. The summed E-state index contributed by atoms with van der Waals surface area (Å²) in [6, 6.07) is 26.6. The highest BCUT2D eigenvalue weighted by Gasteiger charge is 2.21. The van der Waals surface area contributed by atoms with Crippen molar-refractivity contribution in [3.63, 3.8) is 0 Å². The van der Waals surface area contributed by atoms with Gasteiger partial charge in [0.15, 0.2) is 0 Å². The van der Waals surface area contributed by atoms with E-state index in [1.54, 1.807) is 23.9 Å². The van der Waals surface area contributed by atoms with Crippen molar-refractivity contribution < 1.29 is 35.1 Å². The lowest BCUT2D eigenvalue weighted by Gasteiger charge is -2.12. The van der Waals surface area contributed by atoms with E-state index in [1.165, 1.54) is 36.4 Å². The van der Waals surface area contributed by atoms with Gasteiger partial charge in [-0.1, -0.05) is 48.2 Å². The maximum Gasteiger partial charge on any atom is 0.319 e. The summed E-state index contributed by atoms with van der Waals surface area (Å²) in [5.41, 5.74) is 1.43. The topological polar surface area (TPSA) is 150 Å². The Labute approximate surface area is 251 Å². The molecule has 0 unspecified atom stereocenters. The van der Waals surface area contributed by atoms with E-state index in [0.29, 0.717) is 17.3 Å². The minimum absolute atomic E-state index is 0.0443. The number of urea groups is 1. The molecule has 0 aliphatic heterocycles. The van der Waals surface area contributed by atoms with Crippen LogP contribution in [0.2, 0.25) is 0 Å². The molecule has 0 atom stereocenters. The van der Waals surface area contributed by atoms with Crippen LogP contribution in [-0.4, -0.2) is 32.0 Å². The van der Waals surface area contributed by atoms with E-state index < -0.39 is 41.9 Å². The largest absolute Gasteiger partial charge is 0.334 e. The zero-order chi connectivity index (χ0) is 30.8. The van der Waals surface area contributed by atoms with Crippen LogP contribution in [0.15, 0.2) is 123 Å². The highest BCUT2D eigenvalue weighted by molar-refractivity contribution is 7.99. The zero-order valence-electron chi connectivity index (χ0n) is 22.1. The predicted molar refractivity (Wildman–Crippen MR) is 162 cm³/mol. The third-order valence-corrected chi connectivity index (χ3v) is 9.09. The molecule has 220 valence electrons. The third-order valence-electron chi connectivity index (χ3n) is 6.35. The molecule has 9 nitrogen and oxygen atoms in total. The molecular formula is C30H23FN2O7S3. The molecule has 5 aromatic rings. The summed E-state index contributed by atoms with van der Waals surface area (Å²) in [5, 5.41) is 5.45. The Balaban J connectivity index is 1.32. The molecule has 0 aliphatic carbocycles. The second-order valence-corrected chi connectivity index (χ2v) is 13.3. The average Bonchev–Trinajstić information content (AvgIpc) is 2.96. The van der Waals surface area contributed by atoms with Crippen molar-refractivity contribution in [2.45, 2.75) is 26.1 Å². The molecule has 0 saturated carbocycles. The molecule has 4 N–H and O–H groups in total. The number of carbonyl (C=O) groups is 1.